The van der Waals surface area contributed by atoms with Crippen LogP contribution in [0.1, 0.15) is 19.4 Å². The molecule has 2 rings (SSSR count). The van der Waals surface area contributed by atoms with E-state index in [1.54, 1.807) is 21.0 Å². The third-order valence-electron chi connectivity index (χ3n) is 3.64. The van der Waals surface area contributed by atoms with Crippen LogP contribution in [0.4, 0.5) is 4.79 Å². The number of carbonyl (C=O) groups excluding carboxylic acids is 3. The van der Waals surface area contributed by atoms with Gasteiger partial charge in [-0.1, -0.05) is 12.1 Å². The van der Waals surface area contributed by atoms with E-state index in [2.05, 4.69) is 10.6 Å². The van der Waals surface area contributed by atoms with Gasteiger partial charge in [0.1, 0.15) is 17.8 Å². The van der Waals surface area contributed by atoms with E-state index in [0.717, 1.165) is 16.2 Å². The van der Waals surface area contributed by atoms with Crippen molar-refractivity contribution in [3.05, 3.63) is 29.8 Å². The van der Waals surface area contributed by atoms with Crippen molar-refractivity contribution in [1.29, 1.82) is 0 Å². The first-order valence-electron chi connectivity index (χ1n) is 7.37. The van der Waals surface area contributed by atoms with Crippen LogP contribution in [-0.2, 0) is 16.0 Å². The number of amides is 4. The highest BCUT2D eigenvalue weighted by Gasteiger charge is 2.44. The smallest absolute Gasteiger partial charge is 0.325 e. The van der Waals surface area contributed by atoms with Crippen molar-refractivity contribution in [2.75, 3.05) is 20.2 Å². The maximum atomic E-state index is 12.0. The van der Waals surface area contributed by atoms with Gasteiger partial charge in [-0.15, -0.1) is 0 Å². The lowest BCUT2D eigenvalue weighted by Gasteiger charge is -2.15. The molecule has 1 aliphatic heterocycles. The van der Waals surface area contributed by atoms with Crippen molar-refractivity contribution in [3.8, 4) is 5.75 Å². The van der Waals surface area contributed by atoms with Gasteiger partial charge in [-0.05, 0) is 38.0 Å². The molecule has 1 aromatic carbocycles. The number of carbonyl (C=O) groups is 3. The first-order chi connectivity index (χ1) is 10.8. The van der Waals surface area contributed by atoms with Gasteiger partial charge in [0, 0.05) is 6.54 Å². The van der Waals surface area contributed by atoms with Crippen molar-refractivity contribution in [1.82, 2.24) is 15.5 Å². The second-order valence-electron chi connectivity index (χ2n) is 5.89. The Hall–Kier alpha value is -2.57. The van der Waals surface area contributed by atoms with E-state index in [1.807, 2.05) is 24.3 Å². The maximum absolute atomic E-state index is 12.0. The Balaban J connectivity index is 1.79. The van der Waals surface area contributed by atoms with Crippen LogP contribution >= 0.6 is 0 Å². The first kappa shape index (κ1) is 16.8. The number of rotatable bonds is 6. The van der Waals surface area contributed by atoms with Gasteiger partial charge in [0.2, 0.25) is 5.91 Å². The second kappa shape index (κ2) is 6.68. The average molecular weight is 319 g/mol. The topological polar surface area (TPSA) is 87.7 Å². The molecule has 0 unspecified atom stereocenters. The maximum Gasteiger partial charge on any atom is 0.325 e. The minimum Gasteiger partial charge on any atom is -0.497 e. The van der Waals surface area contributed by atoms with Gasteiger partial charge in [-0.3, -0.25) is 14.5 Å². The Labute approximate surface area is 135 Å². The number of hydrogen-bond acceptors (Lipinski definition) is 4. The van der Waals surface area contributed by atoms with Crippen LogP contribution in [0.25, 0.3) is 0 Å². The zero-order chi connectivity index (χ0) is 17.0. The largest absolute Gasteiger partial charge is 0.497 e. The van der Waals surface area contributed by atoms with Gasteiger partial charge >= 0.3 is 6.03 Å². The highest BCUT2D eigenvalue weighted by atomic mass is 16.5. The molecule has 2 N–H and O–H groups in total. The van der Waals surface area contributed by atoms with Crippen LogP contribution < -0.4 is 15.4 Å². The fourth-order valence-electron chi connectivity index (χ4n) is 2.30. The number of nitrogens with zero attached hydrogens (tertiary/aromatic N) is 1. The Bertz CT molecular complexity index is 610. The minimum atomic E-state index is -0.958. The second-order valence-corrected chi connectivity index (χ2v) is 5.89. The molecule has 0 atom stereocenters. The molecule has 4 amide bonds. The standard InChI is InChI=1S/C16H21N3O4/c1-16(2)14(21)19(15(22)18-16)10-13(20)17-9-8-11-4-6-12(23-3)7-5-11/h4-7H,8-10H2,1-3H3,(H,17,20)(H,18,22). The summed E-state index contributed by atoms with van der Waals surface area (Å²) in [4.78, 5) is 36.5. The molecule has 1 saturated heterocycles. The fourth-order valence-corrected chi connectivity index (χ4v) is 2.30. The molecule has 0 bridgehead atoms. The lowest BCUT2D eigenvalue weighted by Crippen LogP contribution is -2.43. The normalized spacial score (nSPS) is 16.2. The summed E-state index contributed by atoms with van der Waals surface area (Å²) in [7, 11) is 1.60. The number of imide groups is 1. The third-order valence-corrected chi connectivity index (χ3v) is 3.64. The third kappa shape index (κ3) is 4.00. The molecule has 0 spiro atoms. The summed E-state index contributed by atoms with van der Waals surface area (Å²) in [5.41, 5.74) is 0.0997. The van der Waals surface area contributed by atoms with Gasteiger partial charge in [0.25, 0.3) is 5.91 Å². The number of benzene rings is 1. The van der Waals surface area contributed by atoms with Crippen molar-refractivity contribution in [3.63, 3.8) is 0 Å². The van der Waals surface area contributed by atoms with E-state index in [0.29, 0.717) is 13.0 Å². The zero-order valence-electron chi connectivity index (χ0n) is 13.5. The summed E-state index contributed by atoms with van der Waals surface area (Å²) in [6, 6.07) is 7.01. The lowest BCUT2D eigenvalue weighted by atomic mass is 10.1. The highest BCUT2D eigenvalue weighted by molar-refractivity contribution is 6.08. The molecular weight excluding hydrogens is 298 g/mol. The zero-order valence-corrected chi connectivity index (χ0v) is 13.5. The number of hydrogen-bond donors (Lipinski definition) is 2. The summed E-state index contributed by atoms with van der Waals surface area (Å²) in [6.45, 7) is 3.37. The number of ether oxygens (including phenoxy) is 1. The summed E-state index contributed by atoms with van der Waals surface area (Å²) in [6.07, 6.45) is 0.654. The summed E-state index contributed by atoms with van der Waals surface area (Å²) >= 11 is 0. The van der Waals surface area contributed by atoms with Crippen molar-refractivity contribution in [2.45, 2.75) is 25.8 Å². The predicted molar refractivity (Wildman–Crippen MR) is 84.0 cm³/mol. The molecule has 1 fully saturated rings. The summed E-state index contributed by atoms with van der Waals surface area (Å²) in [5, 5.41) is 5.25. The van der Waals surface area contributed by atoms with Crippen molar-refractivity contribution in [2.24, 2.45) is 0 Å². The van der Waals surface area contributed by atoms with Crippen LogP contribution in [0.15, 0.2) is 24.3 Å². The van der Waals surface area contributed by atoms with E-state index in [-0.39, 0.29) is 12.5 Å². The Kier molecular flexibility index (Phi) is 4.88. The number of urea groups is 1. The summed E-state index contributed by atoms with van der Waals surface area (Å²) < 4.78 is 5.08. The van der Waals surface area contributed by atoms with E-state index in [9.17, 15) is 14.4 Å². The molecule has 1 aliphatic rings. The van der Waals surface area contributed by atoms with E-state index >= 15 is 0 Å². The van der Waals surface area contributed by atoms with Crippen LogP contribution in [0.3, 0.4) is 0 Å². The highest BCUT2D eigenvalue weighted by Crippen LogP contribution is 2.16. The van der Waals surface area contributed by atoms with Crippen LogP contribution in [0.2, 0.25) is 0 Å². The van der Waals surface area contributed by atoms with Crippen molar-refractivity contribution >= 4 is 17.8 Å². The van der Waals surface area contributed by atoms with Gasteiger partial charge in [0.15, 0.2) is 0 Å². The molecule has 0 aromatic heterocycles. The molecule has 124 valence electrons. The van der Waals surface area contributed by atoms with E-state index in [1.165, 1.54) is 0 Å². The molecule has 23 heavy (non-hydrogen) atoms. The Morgan fingerprint density at radius 3 is 2.43 bits per heavy atom. The molecule has 0 radical (unpaired) electrons. The first-order valence-corrected chi connectivity index (χ1v) is 7.37. The van der Waals surface area contributed by atoms with Gasteiger partial charge < -0.3 is 15.4 Å². The number of methoxy groups -OCH3 is 1. The van der Waals surface area contributed by atoms with Gasteiger partial charge in [-0.2, -0.15) is 0 Å². The molecule has 0 saturated carbocycles. The van der Waals surface area contributed by atoms with Gasteiger partial charge in [0.05, 0.1) is 7.11 Å². The van der Waals surface area contributed by atoms with Crippen molar-refractivity contribution < 1.29 is 19.1 Å². The van der Waals surface area contributed by atoms with E-state index < -0.39 is 17.5 Å². The van der Waals surface area contributed by atoms with Crippen LogP contribution in [0, 0.1) is 0 Å². The fraction of sp³-hybridized carbons (Fsp3) is 0.438. The monoisotopic (exact) mass is 319 g/mol. The lowest BCUT2D eigenvalue weighted by molar-refractivity contribution is -0.134. The molecule has 0 aliphatic carbocycles. The Morgan fingerprint density at radius 2 is 1.91 bits per heavy atom. The van der Waals surface area contributed by atoms with E-state index in [4.69, 9.17) is 4.74 Å². The quantitative estimate of drug-likeness (QED) is 0.755. The summed E-state index contributed by atoms with van der Waals surface area (Å²) in [5.74, 6) is 0.0199. The molecular formula is C16H21N3O4. The Morgan fingerprint density at radius 1 is 1.26 bits per heavy atom. The molecule has 1 aromatic rings. The molecule has 1 heterocycles. The molecule has 7 nitrogen and oxygen atoms in total. The van der Waals surface area contributed by atoms with Crippen LogP contribution in [0.5, 0.6) is 5.75 Å². The molecule has 7 heteroatoms. The van der Waals surface area contributed by atoms with Crippen LogP contribution in [-0.4, -0.2) is 48.5 Å². The average Bonchev–Trinajstić information content (AvgIpc) is 2.70. The minimum absolute atomic E-state index is 0.267. The predicted octanol–water partition coefficient (Wildman–Crippen LogP) is 0.684. The number of nitrogens with one attached hydrogen (secondary N) is 2. The SMILES string of the molecule is COc1ccc(CCNC(=O)CN2C(=O)NC(C)(C)C2=O)cc1. The van der Waals surface area contributed by atoms with Gasteiger partial charge in [-0.25, -0.2) is 4.79 Å².